The third-order valence-electron chi connectivity index (χ3n) is 6.81. The number of carbonyl (C=O) groups excluding carboxylic acids is 3. The Balaban J connectivity index is 1.87. The number of piperazine rings is 1. The molecule has 0 spiro atoms. The van der Waals surface area contributed by atoms with E-state index in [0.29, 0.717) is 37.4 Å². The van der Waals surface area contributed by atoms with Gasteiger partial charge in [0.1, 0.15) is 11.4 Å². The van der Waals surface area contributed by atoms with Gasteiger partial charge in [0, 0.05) is 37.3 Å². The molecule has 0 saturated carbocycles. The summed E-state index contributed by atoms with van der Waals surface area (Å²) < 4.78 is 26.2. The van der Waals surface area contributed by atoms with Crippen molar-refractivity contribution in [1.82, 2.24) is 24.6 Å². The van der Waals surface area contributed by atoms with Gasteiger partial charge in [-0.2, -0.15) is 4.68 Å². The van der Waals surface area contributed by atoms with Crippen molar-refractivity contribution in [1.29, 1.82) is 0 Å². The van der Waals surface area contributed by atoms with Crippen molar-refractivity contribution in [2.75, 3.05) is 44.8 Å². The Morgan fingerprint density at radius 2 is 1.77 bits per heavy atom. The SMILES string of the molecule is CCOC(=O)n1nc(N(C(=O)c2cccc(F)c2)N2CCN(C)CC2)c2c1C(C)(C)N(C(=O)OC(C)(C)C)C2. The molecule has 0 aliphatic carbocycles. The molecule has 12 heteroatoms. The maximum Gasteiger partial charge on any atom is 0.435 e. The quantitative estimate of drug-likeness (QED) is 0.573. The Bertz CT molecular complexity index is 1260. The van der Waals surface area contributed by atoms with E-state index >= 15 is 0 Å². The second kappa shape index (κ2) is 10.6. The van der Waals surface area contributed by atoms with Crippen LogP contribution in [0.3, 0.4) is 0 Å². The van der Waals surface area contributed by atoms with Crippen LogP contribution in [0.25, 0.3) is 0 Å². The molecule has 0 N–H and O–H groups in total. The second-order valence-electron chi connectivity index (χ2n) is 11.3. The second-order valence-corrected chi connectivity index (χ2v) is 11.3. The van der Waals surface area contributed by atoms with Gasteiger partial charge in [-0.25, -0.2) is 24.0 Å². The normalized spacial score (nSPS) is 17.6. The fraction of sp³-hybridized carbons (Fsp3) is 0.556. The number of rotatable bonds is 4. The Morgan fingerprint density at radius 3 is 2.36 bits per heavy atom. The molecule has 1 saturated heterocycles. The molecule has 212 valence electrons. The van der Waals surface area contributed by atoms with E-state index in [-0.39, 0.29) is 24.5 Å². The predicted octanol–water partition coefficient (Wildman–Crippen LogP) is 3.82. The highest BCUT2D eigenvalue weighted by molar-refractivity contribution is 6.05. The van der Waals surface area contributed by atoms with Crippen LogP contribution in [0.1, 0.15) is 63.2 Å². The van der Waals surface area contributed by atoms with Crippen LogP contribution < -0.4 is 5.01 Å². The first-order valence-electron chi connectivity index (χ1n) is 13.1. The largest absolute Gasteiger partial charge is 0.448 e. The van der Waals surface area contributed by atoms with Crippen LogP contribution in [0.15, 0.2) is 24.3 Å². The topological polar surface area (TPSA) is 100 Å². The zero-order chi connectivity index (χ0) is 28.7. The monoisotopic (exact) mass is 544 g/mol. The van der Waals surface area contributed by atoms with Gasteiger partial charge < -0.3 is 14.4 Å². The summed E-state index contributed by atoms with van der Waals surface area (Å²) in [7, 11) is 1.99. The van der Waals surface area contributed by atoms with Gasteiger partial charge in [0.2, 0.25) is 0 Å². The summed E-state index contributed by atoms with van der Waals surface area (Å²) in [5.74, 6) is -0.849. The Kier molecular flexibility index (Phi) is 7.72. The first kappa shape index (κ1) is 28.5. The van der Waals surface area contributed by atoms with E-state index in [1.54, 1.807) is 41.5 Å². The van der Waals surface area contributed by atoms with E-state index in [4.69, 9.17) is 9.47 Å². The number of likely N-dealkylation sites (N-methyl/N-ethyl adjacent to an activating group) is 1. The van der Waals surface area contributed by atoms with Gasteiger partial charge in [-0.1, -0.05) is 6.07 Å². The summed E-state index contributed by atoms with van der Waals surface area (Å²) in [4.78, 5) is 44.0. The first-order chi connectivity index (χ1) is 18.2. The van der Waals surface area contributed by atoms with Crippen molar-refractivity contribution < 1.29 is 28.2 Å². The van der Waals surface area contributed by atoms with Gasteiger partial charge >= 0.3 is 12.2 Å². The number of hydrogen-bond donors (Lipinski definition) is 0. The maximum absolute atomic E-state index is 14.1. The average Bonchev–Trinajstić information content (AvgIpc) is 3.35. The van der Waals surface area contributed by atoms with Crippen molar-refractivity contribution in [3.63, 3.8) is 0 Å². The fourth-order valence-corrected chi connectivity index (χ4v) is 4.89. The van der Waals surface area contributed by atoms with Crippen molar-refractivity contribution in [2.24, 2.45) is 0 Å². The number of amides is 2. The molecule has 0 radical (unpaired) electrons. The molecule has 2 aromatic rings. The number of ether oxygens (including phenoxy) is 2. The molecule has 11 nitrogen and oxygen atoms in total. The minimum absolute atomic E-state index is 0.0483. The molecular weight excluding hydrogens is 507 g/mol. The van der Waals surface area contributed by atoms with E-state index in [9.17, 15) is 18.8 Å². The predicted molar refractivity (Wildman–Crippen MR) is 142 cm³/mol. The van der Waals surface area contributed by atoms with Crippen LogP contribution in [0, 0.1) is 5.82 Å². The number of fused-ring (bicyclic) bond motifs is 1. The highest BCUT2D eigenvalue weighted by Crippen LogP contribution is 2.44. The van der Waals surface area contributed by atoms with Crippen LogP contribution in [-0.4, -0.2) is 88.1 Å². The van der Waals surface area contributed by atoms with E-state index in [1.165, 1.54) is 34.2 Å². The van der Waals surface area contributed by atoms with E-state index in [2.05, 4.69) is 10.00 Å². The number of benzene rings is 1. The van der Waals surface area contributed by atoms with E-state index in [1.807, 2.05) is 12.1 Å². The molecule has 0 atom stereocenters. The zero-order valence-electron chi connectivity index (χ0n) is 23.7. The Hall–Kier alpha value is -3.51. The molecule has 3 heterocycles. The van der Waals surface area contributed by atoms with E-state index in [0.717, 1.165) is 4.68 Å². The van der Waals surface area contributed by atoms with Gasteiger partial charge in [0.05, 0.1) is 24.4 Å². The number of nitrogens with zero attached hydrogens (tertiary/aromatic N) is 6. The first-order valence-corrected chi connectivity index (χ1v) is 13.1. The minimum Gasteiger partial charge on any atom is -0.448 e. The van der Waals surface area contributed by atoms with Crippen LogP contribution in [0.4, 0.5) is 19.8 Å². The zero-order valence-corrected chi connectivity index (χ0v) is 23.7. The third kappa shape index (κ3) is 5.62. The Morgan fingerprint density at radius 1 is 1.10 bits per heavy atom. The summed E-state index contributed by atoms with van der Waals surface area (Å²) in [6.07, 6.45) is -1.29. The Labute approximate surface area is 228 Å². The van der Waals surface area contributed by atoms with Gasteiger partial charge in [0.25, 0.3) is 5.91 Å². The lowest BCUT2D eigenvalue weighted by atomic mass is 10.0. The van der Waals surface area contributed by atoms with Crippen LogP contribution in [0.5, 0.6) is 0 Å². The summed E-state index contributed by atoms with van der Waals surface area (Å²) in [5.41, 5.74) is -0.687. The van der Waals surface area contributed by atoms with Gasteiger partial charge in [-0.15, -0.1) is 5.10 Å². The smallest absolute Gasteiger partial charge is 0.435 e. The highest BCUT2D eigenvalue weighted by atomic mass is 19.1. The molecular formula is C27H37FN6O5. The number of halogens is 1. The molecule has 2 aliphatic rings. The fourth-order valence-electron chi connectivity index (χ4n) is 4.89. The molecule has 2 aliphatic heterocycles. The van der Waals surface area contributed by atoms with Gasteiger partial charge in [0.15, 0.2) is 5.82 Å². The van der Waals surface area contributed by atoms with Gasteiger partial charge in [-0.3, -0.25) is 9.69 Å². The minimum atomic E-state index is -1.02. The maximum atomic E-state index is 14.1. The summed E-state index contributed by atoms with van der Waals surface area (Å²) in [5, 5.41) is 7.85. The number of hydrazine groups is 1. The molecule has 0 unspecified atom stereocenters. The lowest BCUT2D eigenvalue weighted by Crippen LogP contribution is -2.55. The number of carbonyl (C=O) groups is 3. The van der Waals surface area contributed by atoms with E-state index < -0.39 is 35.1 Å². The lowest BCUT2D eigenvalue weighted by Gasteiger charge is -2.39. The highest BCUT2D eigenvalue weighted by Gasteiger charge is 2.50. The van der Waals surface area contributed by atoms with Crippen molar-refractivity contribution in [2.45, 2.75) is 59.2 Å². The number of aromatic nitrogens is 2. The van der Waals surface area contributed by atoms with Crippen molar-refractivity contribution >= 4 is 23.9 Å². The van der Waals surface area contributed by atoms with Crippen molar-refractivity contribution in [3.05, 3.63) is 46.9 Å². The molecule has 2 amide bonds. The lowest BCUT2D eigenvalue weighted by molar-refractivity contribution is 0.00383. The molecule has 0 bridgehead atoms. The third-order valence-corrected chi connectivity index (χ3v) is 6.81. The van der Waals surface area contributed by atoms with Crippen molar-refractivity contribution in [3.8, 4) is 0 Å². The summed E-state index contributed by atoms with van der Waals surface area (Å²) >= 11 is 0. The molecule has 39 heavy (non-hydrogen) atoms. The van der Waals surface area contributed by atoms with Crippen LogP contribution in [0.2, 0.25) is 0 Å². The average molecular weight is 545 g/mol. The molecule has 1 fully saturated rings. The van der Waals surface area contributed by atoms with Crippen LogP contribution >= 0.6 is 0 Å². The molecule has 4 rings (SSSR count). The summed E-state index contributed by atoms with van der Waals surface area (Å²) in [6, 6.07) is 5.45. The molecule has 1 aromatic heterocycles. The van der Waals surface area contributed by atoms with Crippen LogP contribution in [-0.2, 0) is 21.6 Å². The summed E-state index contributed by atoms with van der Waals surface area (Å²) in [6.45, 7) is 13.1. The molecule has 1 aromatic carbocycles. The standard InChI is InChI=1S/C27H37FN6O5/c1-8-38-25(37)33-21-20(17-32(27(21,5)6)24(36)39-26(2,3)4)22(29-33)34(31-14-12-30(7)13-15-31)23(35)18-10-9-11-19(28)16-18/h9-11,16H,8,12-15,17H2,1-7H3. The van der Waals surface area contributed by atoms with Gasteiger partial charge in [-0.05, 0) is 66.8 Å². The number of anilines is 1. The number of hydrogen-bond acceptors (Lipinski definition) is 8.